The van der Waals surface area contributed by atoms with Crippen molar-refractivity contribution in [3.63, 3.8) is 0 Å². The van der Waals surface area contributed by atoms with Crippen LogP contribution in [0.1, 0.15) is 51.9 Å². The molecule has 94 valence electrons. The maximum Gasteiger partial charge on any atom is 0.0331 e. The van der Waals surface area contributed by atoms with Crippen LogP contribution in [0.3, 0.4) is 0 Å². The molecular weight excluding hydrogens is 196 g/mol. The zero-order valence-corrected chi connectivity index (χ0v) is 11.0. The summed E-state index contributed by atoms with van der Waals surface area (Å²) >= 11 is 0. The third-order valence-corrected chi connectivity index (χ3v) is 4.92. The van der Waals surface area contributed by atoms with Crippen LogP contribution in [0.2, 0.25) is 0 Å². The van der Waals surface area contributed by atoms with Crippen molar-refractivity contribution in [3.8, 4) is 0 Å². The maximum absolute atomic E-state index is 6.11. The van der Waals surface area contributed by atoms with Crippen LogP contribution in [-0.2, 0) is 0 Å². The fraction of sp³-hybridized carbons (Fsp3) is 1.00. The van der Waals surface area contributed by atoms with Crippen LogP contribution in [0.4, 0.5) is 0 Å². The number of hydrogen-bond donors (Lipinski definition) is 1. The molecule has 0 heterocycles. The van der Waals surface area contributed by atoms with E-state index in [1.54, 1.807) is 0 Å². The molecule has 2 heteroatoms. The van der Waals surface area contributed by atoms with Gasteiger partial charge in [0.25, 0.3) is 0 Å². The lowest BCUT2D eigenvalue weighted by Crippen LogP contribution is -2.55. The Morgan fingerprint density at radius 2 is 2.00 bits per heavy atom. The van der Waals surface area contributed by atoms with Crippen molar-refractivity contribution in [3.05, 3.63) is 0 Å². The number of nitrogens with zero attached hydrogens (tertiary/aromatic N) is 1. The first-order chi connectivity index (χ1) is 7.70. The SMILES string of the molecule is CCC1CCCC(CN)(N(C)CC2CC2)C1. The molecule has 0 aromatic rings. The Kier molecular flexibility index (Phi) is 3.91. The van der Waals surface area contributed by atoms with E-state index in [9.17, 15) is 0 Å². The Balaban J connectivity index is 1.97. The van der Waals surface area contributed by atoms with E-state index in [1.807, 2.05) is 0 Å². The molecule has 0 spiro atoms. The van der Waals surface area contributed by atoms with Crippen LogP contribution < -0.4 is 5.73 Å². The highest BCUT2D eigenvalue weighted by molar-refractivity contribution is 4.96. The average Bonchev–Trinajstić information content (AvgIpc) is 3.12. The van der Waals surface area contributed by atoms with Crippen molar-refractivity contribution >= 4 is 0 Å². The largest absolute Gasteiger partial charge is 0.329 e. The molecule has 2 aliphatic carbocycles. The van der Waals surface area contributed by atoms with Crippen LogP contribution in [0.15, 0.2) is 0 Å². The minimum absolute atomic E-state index is 0.335. The first-order valence-electron chi connectivity index (χ1n) is 7.11. The molecule has 0 bridgehead atoms. The quantitative estimate of drug-likeness (QED) is 0.778. The molecule has 0 radical (unpaired) electrons. The smallest absolute Gasteiger partial charge is 0.0331 e. The van der Waals surface area contributed by atoms with E-state index in [1.165, 1.54) is 51.5 Å². The molecule has 0 aromatic carbocycles. The second kappa shape index (κ2) is 5.05. The summed E-state index contributed by atoms with van der Waals surface area (Å²) in [6.45, 7) is 4.47. The van der Waals surface area contributed by atoms with Crippen molar-refractivity contribution in [2.24, 2.45) is 17.6 Å². The van der Waals surface area contributed by atoms with Gasteiger partial charge in [-0.2, -0.15) is 0 Å². The first-order valence-corrected chi connectivity index (χ1v) is 7.11. The molecule has 0 amide bonds. The Morgan fingerprint density at radius 1 is 1.25 bits per heavy atom. The van der Waals surface area contributed by atoms with Gasteiger partial charge in [-0.25, -0.2) is 0 Å². The van der Waals surface area contributed by atoms with Crippen LogP contribution in [0.25, 0.3) is 0 Å². The van der Waals surface area contributed by atoms with Gasteiger partial charge in [0, 0.05) is 18.6 Å². The summed E-state index contributed by atoms with van der Waals surface area (Å²) in [6, 6.07) is 0. The summed E-state index contributed by atoms with van der Waals surface area (Å²) in [7, 11) is 2.31. The van der Waals surface area contributed by atoms with E-state index in [4.69, 9.17) is 5.73 Å². The maximum atomic E-state index is 6.11. The third-order valence-electron chi connectivity index (χ3n) is 4.92. The summed E-state index contributed by atoms with van der Waals surface area (Å²) in [6.07, 6.45) is 9.69. The molecule has 2 saturated carbocycles. The molecule has 2 rings (SSSR count). The van der Waals surface area contributed by atoms with E-state index >= 15 is 0 Å². The van der Waals surface area contributed by atoms with E-state index in [-0.39, 0.29) is 0 Å². The second-order valence-electron chi connectivity index (χ2n) is 6.12. The topological polar surface area (TPSA) is 29.3 Å². The summed E-state index contributed by atoms with van der Waals surface area (Å²) in [5, 5.41) is 0. The number of likely N-dealkylation sites (N-methyl/N-ethyl adjacent to an activating group) is 1. The zero-order chi connectivity index (χ0) is 11.6. The van der Waals surface area contributed by atoms with Gasteiger partial charge in [0.1, 0.15) is 0 Å². The molecule has 2 N–H and O–H groups in total. The van der Waals surface area contributed by atoms with Crippen LogP contribution >= 0.6 is 0 Å². The summed E-state index contributed by atoms with van der Waals surface area (Å²) < 4.78 is 0. The molecule has 2 atom stereocenters. The highest BCUT2D eigenvalue weighted by atomic mass is 15.2. The highest BCUT2D eigenvalue weighted by Crippen LogP contribution is 2.39. The number of rotatable bonds is 5. The average molecular weight is 224 g/mol. The molecule has 2 unspecified atom stereocenters. The van der Waals surface area contributed by atoms with E-state index in [2.05, 4.69) is 18.9 Å². The van der Waals surface area contributed by atoms with Gasteiger partial charge in [0.05, 0.1) is 0 Å². The van der Waals surface area contributed by atoms with Crippen molar-refractivity contribution in [2.45, 2.75) is 57.4 Å². The third kappa shape index (κ3) is 2.60. The van der Waals surface area contributed by atoms with Gasteiger partial charge in [-0.15, -0.1) is 0 Å². The van der Waals surface area contributed by atoms with E-state index < -0.39 is 0 Å². The molecule has 2 nitrogen and oxygen atoms in total. The minimum Gasteiger partial charge on any atom is -0.329 e. The van der Waals surface area contributed by atoms with Gasteiger partial charge in [-0.1, -0.05) is 26.2 Å². The molecule has 2 aliphatic rings. The molecular formula is C14H28N2. The van der Waals surface area contributed by atoms with Crippen LogP contribution in [0.5, 0.6) is 0 Å². The Morgan fingerprint density at radius 3 is 2.56 bits per heavy atom. The van der Waals surface area contributed by atoms with Gasteiger partial charge < -0.3 is 5.73 Å². The molecule has 0 aromatic heterocycles. The highest BCUT2D eigenvalue weighted by Gasteiger charge is 2.39. The van der Waals surface area contributed by atoms with Crippen molar-refractivity contribution < 1.29 is 0 Å². The standard InChI is InChI=1S/C14H28N2/c1-3-12-5-4-8-14(9-12,11-15)16(2)10-13-6-7-13/h12-13H,3-11,15H2,1-2H3. The molecule has 16 heavy (non-hydrogen) atoms. The first kappa shape index (κ1) is 12.4. The van der Waals surface area contributed by atoms with E-state index in [0.717, 1.165) is 18.4 Å². The van der Waals surface area contributed by atoms with Crippen molar-refractivity contribution in [1.82, 2.24) is 4.90 Å². The number of nitrogens with two attached hydrogens (primary N) is 1. The summed E-state index contributed by atoms with van der Waals surface area (Å²) in [5.41, 5.74) is 6.45. The van der Waals surface area contributed by atoms with Crippen LogP contribution in [0, 0.1) is 11.8 Å². The zero-order valence-electron chi connectivity index (χ0n) is 11.0. The predicted octanol–water partition coefficient (Wildman–Crippen LogP) is 2.63. The molecule has 2 fully saturated rings. The lowest BCUT2D eigenvalue weighted by atomic mass is 9.73. The summed E-state index contributed by atoms with van der Waals surface area (Å²) in [5.74, 6) is 1.90. The van der Waals surface area contributed by atoms with Gasteiger partial charge in [-0.3, -0.25) is 4.90 Å². The van der Waals surface area contributed by atoms with Crippen molar-refractivity contribution in [1.29, 1.82) is 0 Å². The number of hydrogen-bond acceptors (Lipinski definition) is 2. The molecule has 0 saturated heterocycles. The fourth-order valence-electron chi connectivity index (χ4n) is 3.38. The summed E-state index contributed by atoms with van der Waals surface area (Å²) in [4.78, 5) is 2.60. The lowest BCUT2D eigenvalue weighted by Gasteiger charge is -2.47. The predicted molar refractivity (Wildman–Crippen MR) is 69.4 cm³/mol. The Bertz CT molecular complexity index is 225. The van der Waals surface area contributed by atoms with Gasteiger partial charge >= 0.3 is 0 Å². The van der Waals surface area contributed by atoms with Crippen molar-refractivity contribution in [2.75, 3.05) is 20.1 Å². The Hall–Kier alpha value is -0.0800. The second-order valence-corrected chi connectivity index (χ2v) is 6.12. The minimum atomic E-state index is 0.335. The van der Waals surface area contributed by atoms with Gasteiger partial charge in [0.2, 0.25) is 0 Å². The van der Waals surface area contributed by atoms with Crippen LogP contribution in [-0.4, -0.2) is 30.6 Å². The van der Waals surface area contributed by atoms with E-state index in [0.29, 0.717) is 5.54 Å². The Labute approximate surface area is 101 Å². The lowest BCUT2D eigenvalue weighted by molar-refractivity contribution is 0.0528. The normalized spacial score (nSPS) is 35.6. The molecule has 0 aliphatic heterocycles. The van der Waals surface area contributed by atoms with Gasteiger partial charge in [-0.05, 0) is 44.6 Å². The fourth-order valence-corrected chi connectivity index (χ4v) is 3.38. The monoisotopic (exact) mass is 224 g/mol. The van der Waals surface area contributed by atoms with Gasteiger partial charge in [0.15, 0.2) is 0 Å².